The monoisotopic (exact) mass is 362 g/mol. The minimum Gasteiger partial charge on any atom is -0.506 e. The molecule has 3 N–H and O–H groups in total. The summed E-state index contributed by atoms with van der Waals surface area (Å²) in [5.74, 6) is 0.136. The molecule has 1 aliphatic rings. The SMILES string of the molecule is COCCN1CCN(CCC(O)c2nc3c(O)cccc3c(=O)[nH]2)CC1. The van der Waals surface area contributed by atoms with E-state index in [1.165, 1.54) is 6.07 Å². The van der Waals surface area contributed by atoms with E-state index >= 15 is 0 Å². The third-order valence-electron chi connectivity index (χ3n) is 4.84. The number of aromatic hydroxyl groups is 1. The van der Waals surface area contributed by atoms with Crippen LogP contribution in [0.1, 0.15) is 18.3 Å². The van der Waals surface area contributed by atoms with Crippen LogP contribution in [0.15, 0.2) is 23.0 Å². The number of phenolic OH excluding ortho intramolecular Hbond substituents is 1. The number of ether oxygens (including phenoxy) is 1. The van der Waals surface area contributed by atoms with Crippen LogP contribution < -0.4 is 5.56 Å². The highest BCUT2D eigenvalue weighted by Crippen LogP contribution is 2.21. The highest BCUT2D eigenvalue weighted by molar-refractivity contribution is 5.83. The molecule has 0 aliphatic carbocycles. The zero-order chi connectivity index (χ0) is 18.5. The zero-order valence-electron chi connectivity index (χ0n) is 15.0. The lowest BCUT2D eigenvalue weighted by Gasteiger charge is -2.34. The lowest BCUT2D eigenvalue weighted by Crippen LogP contribution is -2.47. The topological polar surface area (TPSA) is 102 Å². The van der Waals surface area contributed by atoms with Crippen molar-refractivity contribution >= 4 is 10.9 Å². The minimum atomic E-state index is -0.877. The maximum absolute atomic E-state index is 12.1. The van der Waals surface area contributed by atoms with E-state index in [-0.39, 0.29) is 22.6 Å². The highest BCUT2D eigenvalue weighted by atomic mass is 16.5. The molecular formula is C18H26N4O4. The maximum Gasteiger partial charge on any atom is 0.258 e. The van der Waals surface area contributed by atoms with Crippen LogP contribution in [0.3, 0.4) is 0 Å². The second-order valence-corrected chi connectivity index (χ2v) is 6.61. The molecule has 1 atom stereocenters. The van der Waals surface area contributed by atoms with Crippen molar-refractivity contribution in [2.45, 2.75) is 12.5 Å². The molecule has 1 saturated heterocycles. The molecule has 0 bridgehead atoms. The smallest absolute Gasteiger partial charge is 0.258 e. The molecule has 8 nitrogen and oxygen atoms in total. The molecule has 8 heteroatoms. The Balaban J connectivity index is 1.57. The van der Waals surface area contributed by atoms with Gasteiger partial charge in [0.1, 0.15) is 23.2 Å². The third kappa shape index (κ3) is 4.39. The van der Waals surface area contributed by atoms with Gasteiger partial charge in [0.2, 0.25) is 0 Å². The van der Waals surface area contributed by atoms with Gasteiger partial charge in [0.15, 0.2) is 0 Å². The Hall–Kier alpha value is -2.00. The molecule has 142 valence electrons. The van der Waals surface area contributed by atoms with Crippen molar-refractivity contribution in [1.82, 2.24) is 19.8 Å². The van der Waals surface area contributed by atoms with Crippen LogP contribution in [0.4, 0.5) is 0 Å². The number of aromatic amines is 1. The van der Waals surface area contributed by atoms with Gasteiger partial charge in [0.25, 0.3) is 5.56 Å². The standard InChI is InChI=1S/C18H26N4O4/c1-26-12-11-22-9-7-21(8-10-22)6-5-15(24)17-19-16-13(18(25)20-17)3-2-4-14(16)23/h2-4,15,23-24H,5-12H2,1H3,(H,19,20,25). The number of aliphatic hydroxyl groups is 1. The summed E-state index contributed by atoms with van der Waals surface area (Å²) in [7, 11) is 1.71. The quantitative estimate of drug-likeness (QED) is 0.652. The number of aromatic nitrogens is 2. The lowest BCUT2D eigenvalue weighted by molar-refractivity contribution is 0.0817. The summed E-state index contributed by atoms with van der Waals surface area (Å²) in [6.45, 7) is 6.27. The van der Waals surface area contributed by atoms with Crippen molar-refractivity contribution in [2.75, 3.05) is 53.0 Å². The summed E-state index contributed by atoms with van der Waals surface area (Å²) in [5, 5.41) is 20.6. The van der Waals surface area contributed by atoms with Crippen LogP contribution >= 0.6 is 0 Å². The number of nitrogens with zero attached hydrogens (tertiary/aromatic N) is 3. The molecule has 0 radical (unpaired) electrons. The molecule has 3 rings (SSSR count). The number of hydrogen-bond acceptors (Lipinski definition) is 7. The molecule has 2 aromatic rings. The van der Waals surface area contributed by atoms with Crippen LogP contribution in [0.5, 0.6) is 5.75 Å². The number of piperazine rings is 1. The van der Waals surface area contributed by atoms with Crippen molar-refractivity contribution in [3.05, 3.63) is 34.4 Å². The molecule has 1 unspecified atom stereocenters. The molecule has 0 amide bonds. The highest BCUT2D eigenvalue weighted by Gasteiger charge is 2.19. The van der Waals surface area contributed by atoms with E-state index in [0.29, 0.717) is 11.8 Å². The number of methoxy groups -OCH3 is 1. The Morgan fingerprint density at radius 2 is 1.92 bits per heavy atom. The molecule has 0 saturated carbocycles. The average Bonchev–Trinajstić information content (AvgIpc) is 2.66. The lowest BCUT2D eigenvalue weighted by atomic mass is 10.2. The number of fused-ring (bicyclic) bond motifs is 1. The Morgan fingerprint density at radius 3 is 2.62 bits per heavy atom. The van der Waals surface area contributed by atoms with E-state index in [1.807, 2.05) is 0 Å². The Kier molecular flexibility index (Phi) is 6.20. The Bertz CT molecular complexity index is 786. The fourth-order valence-corrected chi connectivity index (χ4v) is 3.22. The maximum atomic E-state index is 12.1. The number of rotatable bonds is 7. The summed E-state index contributed by atoms with van der Waals surface area (Å²) in [6, 6.07) is 4.67. The predicted molar refractivity (Wildman–Crippen MR) is 98.4 cm³/mol. The van der Waals surface area contributed by atoms with E-state index in [1.54, 1.807) is 19.2 Å². The van der Waals surface area contributed by atoms with Gasteiger partial charge < -0.3 is 24.8 Å². The van der Waals surface area contributed by atoms with Crippen LogP contribution in [0, 0.1) is 0 Å². The van der Waals surface area contributed by atoms with Crippen LogP contribution in [0.2, 0.25) is 0 Å². The van der Waals surface area contributed by atoms with Gasteiger partial charge in [-0.25, -0.2) is 4.98 Å². The largest absolute Gasteiger partial charge is 0.506 e. The number of hydrogen-bond donors (Lipinski definition) is 3. The normalized spacial score (nSPS) is 17.6. The number of benzene rings is 1. The van der Waals surface area contributed by atoms with E-state index in [4.69, 9.17) is 4.74 Å². The summed E-state index contributed by atoms with van der Waals surface area (Å²) in [4.78, 5) is 23.7. The first kappa shape index (κ1) is 18.8. The van der Waals surface area contributed by atoms with Crippen molar-refractivity contribution in [1.29, 1.82) is 0 Å². The Labute approximate surface area is 152 Å². The van der Waals surface area contributed by atoms with Crippen LogP contribution in [-0.2, 0) is 4.74 Å². The first-order chi connectivity index (χ1) is 12.6. The summed E-state index contributed by atoms with van der Waals surface area (Å²) in [5.41, 5.74) is -0.135. The van der Waals surface area contributed by atoms with E-state index in [2.05, 4.69) is 19.8 Å². The number of nitrogens with one attached hydrogen (secondary N) is 1. The van der Waals surface area contributed by atoms with Gasteiger partial charge in [-0.05, 0) is 18.6 Å². The van der Waals surface area contributed by atoms with Crippen molar-refractivity contribution in [2.24, 2.45) is 0 Å². The first-order valence-electron chi connectivity index (χ1n) is 8.92. The molecule has 1 aliphatic heterocycles. The summed E-state index contributed by atoms with van der Waals surface area (Å²) in [6.07, 6.45) is -0.404. The average molecular weight is 362 g/mol. The van der Waals surface area contributed by atoms with Gasteiger partial charge in [-0.15, -0.1) is 0 Å². The van der Waals surface area contributed by atoms with E-state index in [9.17, 15) is 15.0 Å². The fraction of sp³-hybridized carbons (Fsp3) is 0.556. The molecule has 26 heavy (non-hydrogen) atoms. The fourth-order valence-electron chi connectivity index (χ4n) is 3.22. The summed E-state index contributed by atoms with van der Waals surface area (Å²) < 4.78 is 5.11. The second kappa shape index (κ2) is 8.59. The molecular weight excluding hydrogens is 336 g/mol. The van der Waals surface area contributed by atoms with E-state index < -0.39 is 6.10 Å². The van der Waals surface area contributed by atoms with Gasteiger partial charge in [-0.3, -0.25) is 9.69 Å². The number of para-hydroxylation sites is 1. The van der Waals surface area contributed by atoms with Crippen LogP contribution in [-0.4, -0.2) is 83.0 Å². The first-order valence-corrected chi connectivity index (χ1v) is 8.92. The minimum absolute atomic E-state index is 0.0609. The third-order valence-corrected chi connectivity index (χ3v) is 4.84. The second-order valence-electron chi connectivity index (χ2n) is 6.61. The number of phenols is 1. The van der Waals surface area contributed by atoms with Crippen molar-refractivity contribution < 1.29 is 14.9 Å². The van der Waals surface area contributed by atoms with E-state index in [0.717, 1.165) is 45.9 Å². The molecule has 2 heterocycles. The van der Waals surface area contributed by atoms with Gasteiger partial charge >= 0.3 is 0 Å². The Morgan fingerprint density at radius 1 is 1.23 bits per heavy atom. The molecule has 0 spiro atoms. The number of aliphatic hydroxyl groups excluding tert-OH is 1. The van der Waals surface area contributed by atoms with Crippen molar-refractivity contribution in [3.63, 3.8) is 0 Å². The van der Waals surface area contributed by atoms with Gasteiger partial charge in [0, 0.05) is 46.4 Å². The summed E-state index contributed by atoms with van der Waals surface area (Å²) >= 11 is 0. The zero-order valence-corrected chi connectivity index (χ0v) is 15.0. The van der Waals surface area contributed by atoms with Crippen molar-refractivity contribution in [3.8, 4) is 5.75 Å². The predicted octanol–water partition coefficient (Wildman–Crippen LogP) is 0.316. The van der Waals surface area contributed by atoms with Gasteiger partial charge in [-0.1, -0.05) is 6.07 Å². The molecule has 1 fully saturated rings. The van der Waals surface area contributed by atoms with Crippen LogP contribution in [0.25, 0.3) is 10.9 Å². The molecule has 1 aromatic heterocycles. The molecule has 1 aromatic carbocycles. The van der Waals surface area contributed by atoms with Gasteiger partial charge in [0.05, 0.1) is 12.0 Å². The van der Waals surface area contributed by atoms with Gasteiger partial charge in [-0.2, -0.15) is 0 Å². The number of H-pyrrole nitrogens is 1.